The maximum absolute atomic E-state index is 12.6. The van der Waals surface area contributed by atoms with Gasteiger partial charge in [-0.05, 0) is 18.2 Å². The van der Waals surface area contributed by atoms with E-state index in [2.05, 4.69) is 20.1 Å². The Morgan fingerprint density at radius 1 is 1.27 bits per heavy atom. The molecule has 0 N–H and O–H groups in total. The highest BCUT2D eigenvalue weighted by atomic mass is 19.4. The Balaban J connectivity index is 2.28. The first-order valence-corrected chi connectivity index (χ1v) is 5.83. The van der Waals surface area contributed by atoms with Crippen LogP contribution < -0.4 is 5.11 Å². The molecule has 7 nitrogen and oxygen atoms in total. The monoisotopic (exact) mass is 308 g/mol. The summed E-state index contributed by atoms with van der Waals surface area (Å²) in [6, 6.07) is 4.20. The summed E-state index contributed by atoms with van der Waals surface area (Å²) in [4.78, 5) is 22.1. The molecular weight excluding hydrogens is 303 g/mol. The summed E-state index contributed by atoms with van der Waals surface area (Å²) < 4.78 is 38.4. The Labute approximate surface area is 120 Å². The highest BCUT2D eigenvalue weighted by Gasteiger charge is 2.37. The number of nitrogens with zero attached hydrogens (tertiary/aromatic N) is 5. The number of pyridine rings is 1. The van der Waals surface area contributed by atoms with Crippen LogP contribution in [0.15, 0.2) is 30.6 Å². The molecule has 0 saturated carbocycles. The Hall–Kier alpha value is -3.04. The van der Waals surface area contributed by atoms with E-state index in [1.54, 1.807) is 12.1 Å². The van der Waals surface area contributed by atoms with Crippen molar-refractivity contribution >= 4 is 11.7 Å². The van der Waals surface area contributed by atoms with Gasteiger partial charge in [-0.1, -0.05) is 0 Å². The minimum absolute atomic E-state index is 0.0981. The van der Waals surface area contributed by atoms with Gasteiger partial charge in [0.2, 0.25) is 0 Å². The molecule has 0 atom stereocenters. The van der Waals surface area contributed by atoms with Crippen molar-refractivity contribution in [2.45, 2.75) is 6.18 Å². The van der Waals surface area contributed by atoms with Gasteiger partial charge >= 0.3 is 6.18 Å². The molecule has 10 heteroatoms. The third-order valence-electron chi connectivity index (χ3n) is 2.73. The number of fused-ring (bicyclic) bond motifs is 1. The molecule has 0 spiro atoms. The lowest BCUT2D eigenvalue weighted by molar-refractivity contribution is -0.255. The Kier molecular flexibility index (Phi) is 3.01. The van der Waals surface area contributed by atoms with Crippen LogP contribution >= 0.6 is 0 Å². The standard InChI is InChI=1S/C12H6F3N5O2/c13-12(14,15)10-18-11-17-7(6-2-1-3-16-5-6)4-8(9(21)22)20(11)19-10/h1-5H,(H,21,22)/p-1. The quantitative estimate of drug-likeness (QED) is 0.686. The third kappa shape index (κ3) is 2.34. The minimum Gasteiger partial charge on any atom is -0.543 e. The van der Waals surface area contributed by atoms with Gasteiger partial charge in [-0.25, -0.2) is 4.98 Å². The molecule has 0 saturated heterocycles. The van der Waals surface area contributed by atoms with Gasteiger partial charge in [0.1, 0.15) is 0 Å². The van der Waals surface area contributed by atoms with E-state index in [-0.39, 0.29) is 5.69 Å². The second-order valence-electron chi connectivity index (χ2n) is 4.20. The van der Waals surface area contributed by atoms with E-state index in [9.17, 15) is 23.1 Å². The summed E-state index contributed by atoms with van der Waals surface area (Å²) in [5.74, 6) is -3.67. The fourth-order valence-electron chi connectivity index (χ4n) is 1.80. The fourth-order valence-corrected chi connectivity index (χ4v) is 1.80. The third-order valence-corrected chi connectivity index (χ3v) is 2.73. The Morgan fingerprint density at radius 3 is 2.64 bits per heavy atom. The first-order valence-electron chi connectivity index (χ1n) is 5.83. The average molecular weight is 308 g/mol. The van der Waals surface area contributed by atoms with Gasteiger partial charge in [-0.2, -0.15) is 22.7 Å². The zero-order valence-corrected chi connectivity index (χ0v) is 10.6. The van der Waals surface area contributed by atoms with Crippen LogP contribution in [0.1, 0.15) is 16.3 Å². The van der Waals surface area contributed by atoms with Gasteiger partial charge in [0.15, 0.2) is 0 Å². The second kappa shape index (κ2) is 4.76. The molecular formula is C12H5F3N5O2-. The fraction of sp³-hybridized carbons (Fsp3) is 0.0833. The predicted molar refractivity (Wildman–Crippen MR) is 63.3 cm³/mol. The number of carbonyl (C=O) groups is 1. The van der Waals surface area contributed by atoms with Gasteiger partial charge in [0, 0.05) is 18.0 Å². The van der Waals surface area contributed by atoms with Crippen molar-refractivity contribution in [1.82, 2.24) is 24.6 Å². The molecule has 0 radical (unpaired) electrons. The van der Waals surface area contributed by atoms with Crippen molar-refractivity contribution in [3.8, 4) is 11.3 Å². The molecule has 0 aromatic carbocycles. The molecule has 3 aromatic rings. The average Bonchev–Trinajstić information content (AvgIpc) is 2.91. The highest BCUT2D eigenvalue weighted by molar-refractivity contribution is 5.86. The van der Waals surface area contributed by atoms with Crippen molar-refractivity contribution in [3.63, 3.8) is 0 Å². The summed E-state index contributed by atoms with van der Waals surface area (Å²) in [5, 5.41) is 14.3. The SMILES string of the molecule is O=C([O-])c1cc(-c2cccnc2)nc2nc(C(F)(F)F)nn12. The molecule has 112 valence electrons. The van der Waals surface area contributed by atoms with E-state index in [1.165, 1.54) is 12.4 Å². The lowest BCUT2D eigenvalue weighted by Gasteiger charge is -2.07. The number of carboxylic acid groups (broad SMARTS) is 1. The smallest absolute Gasteiger partial charge is 0.453 e. The zero-order valence-electron chi connectivity index (χ0n) is 10.6. The number of aromatic nitrogens is 5. The van der Waals surface area contributed by atoms with E-state index in [1.807, 2.05) is 0 Å². The lowest BCUT2D eigenvalue weighted by Crippen LogP contribution is -2.26. The molecule has 0 bridgehead atoms. The summed E-state index contributed by atoms with van der Waals surface area (Å²) >= 11 is 0. The Morgan fingerprint density at radius 2 is 2.05 bits per heavy atom. The van der Waals surface area contributed by atoms with Gasteiger partial charge in [0.25, 0.3) is 11.6 Å². The largest absolute Gasteiger partial charge is 0.543 e. The Bertz CT molecular complexity index is 860. The van der Waals surface area contributed by atoms with Crippen LogP contribution in [0.5, 0.6) is 0 Å². The normalized spacial score (nSPS) is 11.8. The summed E-state index contributed by atoms with van der Waals surface area (Å²) in [6.07, 6.45) is -1.94. The molecule has 0 aliphatic rings. The maximum atomic E-state index is 12.6. The van der Waals surface area contributed by atoms with Crippen LogP contribution in [0, 0.1) is 0 Å². The van der Waals surface area contributed by atoms with Crippen molar-refractivity contribution in [1.29, 1.82) is 0 Å². The van der Waals surface area contributed by atoms with Crippen LogP contribution in [-0.2, 0) is 6.18 Å². The van der Waals surface area contributed by atoms with Crippen molar-refractivity contribution in [2.24, 2.45) is 0 Å². The summed E-state index contributed by atoms with van der Waals surface area (Å²) in [5.41, 5.74) is -0.0724. The highest BCUT2D eigenvalue weighted by Crippen LogP contribution is 2.27. The van der Waals surface area contributed by atoms with E-state index in [0.717, 1.165) is 6.07 Å². The van der Waals surface area contributed by atoms with Gasteiger partial charge < -0.3 is 9.90 Å². The summed E-state index contributed by atoms with van der Waals surface area (Å²) in [6.45, 7) is 0. The molecule has 22 heavy (non-hydrogen) atoms. The first-order chi connectivity index (χ1) is 10.4. The van der Waals surface area contributed by atoms with E-state index in [4.69, 9.17) is 0 Å². The maximum Gasteiger partial charge on any atom is 0.453 e. The number of carbonyl (C=O) groups excluding carboxylic acids is 1. The molecule has 3 rings (SSSR count). The molecule has 0 fully saturated rings. The lowest BCUT2D eigenvalue weighted by atomic mass is 10.2. The number of hydrogen-bond donors (Lipinski definition) is 0. The summed E-state index contributed by atoms with van der Waals surface area (Å²) in [7, 11) is 0. The van der Waals surface area contributed by atoms with Crippen LogP contribution in [0.2, 0.25) is 0 Å². The van der Waals surface area contributed by atoms with Crippen LogP contribution in [0.4, 0.5) is 13.2 Å². The minimum atomic E-state index is -4.81. The van der Waals surface area contributed by atoms with Gasteiger partial charge in [-0.15, -0.1) is 5.10 Å². The molecule has 0 unspecified atom stereocenters. The number of rotatable bonds is 2. The molecule has 3 aromatic heterocycles. The van der Waals surface area contributed by atoms with Crippen LogP contribution in [0.3, 0.4) is 0 Å². The van der Waals surface area contributed by atoms with Crippen LogP contribution in [-0.4, -0.2) is 30.5 Å². The zero-order chi connectivity index (χ0) is 15.9. The predicted octanol–water partition coefficient (Wildman–Crippen LogP) is 0.569. The van der Waals surface area contributed by atoms with Crippen LogP contribution in [0.25, 0.3) is 17.0 Å². The van der Waals surface area contributed by atoms with Gasteiger partial charge in [0.05, 0.1) is 17.4 Å². The number of halogens is 3. The number of aromatic carboxylic acids is 1. The number of alkyl halides is 3. The van der Waals surface area contributed by atoms with Gasteiger partial charge in [-0.3, -0.25) is 4.98 Å². The first kappa shape index (κ1) is 13.9. The molecule has 0 aliphatic heterocycles. The topological polar surface area (TPSA) is 96.1 Å². The molecule has 0 amide bonds. The molecule has 0 aliphatic carbocycles. The van der Waals surface area contributed by atoms with E-state index >= 15 is 0 Å². The number of carboxylic acids is 1. The van der Waals surface area contributed by atoms with E-state index < -0.39 is 29.4 Å². The van der Waals surface area contributed by atoms with Crippen molar-refractivity contribution < 1.29 is 23.1 Å². The molecule has 3 heterocycles. The van der Waals surface area contributed by atoms with E-state index in [0.29, 0.717) is 10.1 Å². The van der Waals surface area contributed by atoms with Crippen molar-refractivity contribution in [2.75, 3.05) is 0 Å². The number of hydrogen-bond acceptors (Lipinski definition) is 6. The second-order valence-corrected chi connectivity index (χ2v) is 4.20. The van der Waals surface area contributed by atoms with Crippen molar-refractivity contribution in [3.05, 3.63) is 42.1 Å².